The molecule has 4 heteroatoms. The van der Waals surface area contributed by atoms with E-state index in [1.165, 1.54) is 12.8 Å². The molecule has 0 saturated carbocycles. The highest BCUT2D eigenvalue weighted by molar-refractivity contribution is 5.00. The molecule has 18 heavy (non-hydrogen) atoms. The minimum Gasteiger partial charge on any atom is -0.378 e. The van der Waals surface area contributed by atoms with E-state index in [1.807, 2.05) is 0 Å². The molecule has 0 aromatic carbocycles. The zero-order valence-corrected chi connectivity index (χ0v) is 11.4. The van der Waals surface area contributed by atoms with Gasteiger partial charge in [-0.2, -0.15) is 0 Å². The molecular weight excluding hydrogens is 228 g/mol. The minimum absolute atomic E-state index is 0.170. The van der Waals surface area contributed by atoms with Crippen molar-refractivity contribution in [3.63, 3.8) is 0 Å². The van der Waals surface area contributed by atoms with Crippen molar-refractivity contribution in [2.45, 2.75) is 62.9 Å². The molecule has 0 radical (unpaired) electrons. The van der Waals surface area contributed by atoms with Crippen molar-refractivity contribution < 1.29 is 9.47 Å². The highest BCUT2D eigenvalue weighted by Gasteiger charge is 2.45. The van der Waals surface area contributed by atoms with Crippen LogP contribution in [-0.4, -0.2) is 55.0 Å². The normalized spacial score (nSPS) is 45.3. The van der Waals surface area contributed by atoms with E-state index in [9.17, 15) is 0 Å². The summed E-state index contributed by atoms with van der Waals surface area (Å²) in [5.41, 5.74) is 6.33. The van der Waals surface area contributed by atoms with Crippen molar-refractivity contribution in [2.24, 2.45) is 5.73 Å². The van der Waals surface area contributed by atoms with Crippen LogP contribution in [0.25, 0.3) is 0 Å². The molecule has 3 aliphatic heterocycles. The number of rotatable bonds is 3. The fraction of sp³-hybridized carbons (Fsp3) is 1.00. The van der Waals surface area contributed by atoms with Crippen LogP contribution in [0.5, 0.6) is 0 Å². The van der Waals surface area contributed by atoms with Gasteiger partial charge in [0.15, 0.2) is 0 Å². The number of likely N-dealkylation sites (tertiary alicyclic amines) is 1. The van der Waals surface area contributed by atoms with Gasteiger partial charge in [0.2, 0.25) is 0 Å². The third-order valence-electron chi connectivity index (χ3n) is 5.08. The van der Waals surface area contributed by atoms with E-state index in [-0.39, 0.29) is 5.54 Å². The van der Waals surface area contributed by atoms with Crippen LogP contribution in [0.15, 0.2) is 0 Å². The van der Waals surface area contributed by atoms with E-state index in [0.717, 1.165) is 45.5 Å². The molecule has 0 amide bonds. The topological polar surface area (TPSA) is 47.7 Å². The zero-order valence-electron chi connectivity index (χ0n) is 11.4. The Morgan fingerprint density at radius 2 is 2.00 bits per heavy atom. The van der Waals surface area contributed by atoms with Crippen molar-refractivity contribution in [2.75, 3.05) is 26.2 Å². The van der Waals surface area contributed by atoms with Crippen molar-refractivity contribution >= 4 is 0 Å². The Bertz CT molecular complexity index is 288. The van der Waals surface area contributed by atoms with E-state index in [2.05, 4.69) is 11.8 Å². The molecule has 2 N–H and O–H groups in total. The van der Waals surface area contributed by atoms with Gasteiger partial charge in [-0.3, -0.25) is 4.90 Å². The van der Waals surface area contributed by atoms with Crippen LogP contribution in [0.1, 0.15) is 39.0 Å². The van der Waals surface area contributed by atoms with Crippen molar-refractivity contribution in [3.05, 3.63) is 0 Å². The summed E-state index contributed by atoms with van der Waals surface area (Å²) in [4.78, 5) is 2.63. The van der Waals surface area contributed by atoms with Crippen LogP contribution in [0.4, 0.5) is 0 Å². The first-order valence-electron chi connectivity index (χ1n) is 7.48. The SMILES string of the molecule is CCC1CC(CN)(N2CC3CCC(C2)O3)CCO1. The Morgan fingerprint density at radius 1 is 1.28 bits per heavy atom. The van der Waals surface area contributed by atoms with Gasteiger partial charge >= 0.3 is 0 Å². The van der Waals surface area contributed by atoms with E-state index in [4.69, 9.17) is 15.2 Å². The molecule has 4 nitrogen and oxygen atoms in total. The quantitative estimate of drug-likeness (QED) is 0.820. The van der Waals surface area contributed by atoms with Gasteiger partial charge in [-0.05, 0) is 32.1 Å². The molecule has 0 spiro atoms. The van der Waals surface area contributed by atoms with Crippen LogP contribution in [0.3, 0.4) is 0 Å². The van der Waals surface area contributed by atoms with E-state index in [0.29, 0.717) is 18.3 Å². The molecule has 3 aliphatic rings. The molecule has 3 saturated heterocycles. The second-order valence-electron chi connectivity index (χ2n) is 6.15. The van der Waals surface area contributed by atoms with Gasteiger partial charge in [0.05, 0.1) is 18.3 Å². The number of ether oxygens (including phenoxy) is 2. The lowest BCUT2D eigenvalue weighted by atomic mass is 9.83. The zero-order chi connectivity index (χ0) is 12.6. The molecule has 104 valence electrons. The van der Waals surface area contributed by atoms with E-state index in [1.54, 1.807) is 0 Å². The standard InChI is InChI=1S/C14H26N2O2/c1-2-11-7-14(10-15,5-6-17-11)16-8-12-3-4-13(9-16)18-12/h11-13H,2-10,15H2,1H3. The summed E-state index contributed by atoms with van der Waals surface area (Å²) in [7, 11) is 0. The predicted octanol–water partition coefficient (Wildman–Crippen LogP) is 1.14. The molecule has 0 aliphatic carbocycles. The highest BCUT2D eigenvalue weighted by Crippen LogP contribution is 2.36. The predicted molar refractivity (Wildman–Crippen MR) is 70.5 cm³/mol. The summed E-state index contributed by atoms with van der Waals surface area (Å²) in [6.07, 6.45) is 7.04. The third kappa shape index (κ3) is 2.20. The van der Waals surface area contributed by atoms with Crippen molar-refractivity contribution in [3.8, 4) is 0 Å². The van der Waals surface area contributed by atoms with E-state index < -0.39 is 0 Å². The second-order valence-corrected chi connectivity index (χ2v) is 6.15. The lowest BCUT2D eigenvalue weighted by Crippen LogP contribution is -2.62. The third-order valence-corrected chi connectivity index (χ3v) is 5.08. The summed E-state index contributed by atoms with van der Waals surface area (Å²) in [5, 5.41) is 0. The molecule has 2 bridgehead atoms. The Kier molecular flexibility index (Phi) is 3.63. The fourth-order valence-corrected chi connectivity index (χ4v) is 3.87. The average molecular weight is 254 g/mol. The maximum absolute atomic E-state index is 6.16. The number of nitrogens with two attached hydrogens (primary N) is 1. The van der Waals surface area contributed by atoms with Crippen LogP contribution < -0.4 is 5.73 Å². The summed E-state index contributed by atoms with van der Waals surface area (Å²) in [6.45, 7) is 5.98. The summed E-state index contributed by atoms with van der Waals surface area (Å²) >= 11 is 0. The number of nitrogens with zero attached hydrogens (tertiary/aromatic N) is 1. The van der Waals surface area contributed by atoms with Crippen molar-refractivity contribution in [1.29, 1.82) is 0 Å². The maximum atomic E-state index is 6.16. The summed E-state index contributed by atoms with van der Waals surface area (Å²) < 4.78 is 11.8. The van der Waals surface area contributed by atoms with Gasteiger partial charge in [-0.1, -0.05) is 6.92 Å². The molecule has 0 aromatic rings. The van der Waals surface area contributed by atoms with Crippen LogP contribution >= 0.6 is 0 Å². The first-order valence-corrected chi connectivity index (χ1v) is 7.48. The first kappa shape index (κ1) is 12.9. The summed E-state index contributed by atoms with van der Waals surface area (Å²) in [6, 6.07) is 0. The van der Waals surface area contributed by atoms with Crippen LogP contribution in [0, 0.1) is 0 Å². The maximum Gasteiger partial charge on any atom is 0.0707 e. The first-order chi connectivity index (χ1) is 8.75. The largest absolute Gasteiger partial charge is 0.378 e. The average Bonchev–Trinajstić information content (AvgIpc) is 2.77. The highest BCUT2D eigenvalue weighted by atomic mass is 16.5. The molecule has 0 aromatic heterocycles. The number of hydrogen-bond acceptors (Lipinski definition) is 4. The van der Waals surface area contributed by atoms with Gasteiger partial charge in [-0.25, -0.2) is 0 Å². The Balaban J connectivity index is 1.74. The number of hydrogen-bond donors (Lipinski definition) is 1. The molecular formula is C14H26N2O2. The monoisotopic (exact) mass is 254 g/mol. The summed E-state index contributed by atoms with van der Waals surface area (Å²) in [5.74, 6) is 0. The Labute approximate surface area is 110 Å². The Morgan fingerprint density at radius 3 is 2.61 bits per heavy atom. The van der Waals surface area contributed by atoms with Gasteiger partial charge in [0.1, 0.15) is 0 Å². The molecule has 3 rings (SSSR count). The Hall–Kier alpha value is -0.160. The molecule has 4 unspecified atom stereocenters. The lowest BCUT2D eigenvalue weighted by Gasteiger charge is -2.50. The molecule has 3 heterocycles. The number of fused-ring (bicyclic) bond motifs is 2. The van der Waals surface area contributed by atoms with Crippen molar-refractivity contribution in [1.82, 2.24) is 4.90 Å². The van der Waals surface area contributed by atoms with E-state index >= 15 is 0 Å². The van der Waals surface area contributed by atoms with Gasteiger partial charge in [-0.15, -0.1) is 0 Å². The van der Waals surface area contributed by atoms with Gasteiger partial charge in [0, 0.05) is 31.8 Å². The lowest BCUT2D eigenvalue weighted by molar-refractivity contribution is -0.121. The smallest absolute Gasteiger partial charge is 0.0707 e. The molecule has 4 atom stereocenters. The second kappa shape index (κ2) is 5.08. The minimum atomic E-state index is 0.170. The number of morpholine rings is 1. The van der Waals surface area contributed by atoms with Gasteiger partial charge < -0.3 is 15.2 Å². The molecule has 3 fully saturated rings. The van der Waals surface area contributed by atoms with Gasteiger partial charge in [0.25, 0.3) is 0 Å². The van der Waals surface area contributed by atoms with Crippen LogP contribution in [-0.2, 0) is 9.47 Å². The van der Waals surface area contributed by atoms with Crippen LogP contribution in [0.2, 0.25) is 0 Å². The fourth-order valence-electron chi connectivity index (χ4n) is 3.87.